The second kappa shape index (κ2) is 15.6. The van der Waals surface area contributed by atoms with Gasteiger partial charge in [0.15, 0.2) is 0 Å². The summed E-state index contributed by atoms with van der Waals surface area (Å²) >= 11 is 0. The van der Waals surface area contributed by atoms with Crippen LogP contribution in [-0.4, -0.2) is 64.5 Å². The lowest BCUT2D eigenvalue weighted by Gasteiger charge is -2.34. The van der Waals surface area contributed by atoms with Crippen molar-refractivity contribution in [1.82, 2.24) is 10.2 Å². The third kappa shape index (κ3) is 8.11. The first-order valence-electron chi connectivity index (χ1n) is 15.2. The maximum atomic E-state index is 14.3. The number of carbonyl (C=O) groups excluding carboxylic acids is 2. The average molecular weight is 622 g/mol. The van der Waals surface area contributed by atoms with E-state index in [9.17, 15) is 18.0 Å². The molecule has 1 aliphatic rings. The molecule has 1 atom stereocenters. The molecule has 2 amide bonds. The standard InChI is InChI=1S/C34H43N3O6S/c1-4-30(34(39)35-27-15-9-6-10-16-27)36(24-23-26-13-7-5-8-14-26)33(38)25-37(31-17-11-12-18-32(31)43-3)44(40,41)29-21-19-28(42-2)20-22-29/h5,7-8,11-14,17-22,27,30H,4,6,9-10,15-16,23-25H2,1-3H3,(H,35,39). The predicted molar refractivity (Wildman–Crippen MR) is 171 cm³/mol. The smallest absolute Gasteiger partial charge is 0.264 e. The van der Waals surface area contributed by atoms with Crippen LogP contribution in [0.2, 0.25) is 0 Å². The molecule has 1 unspecified atom stereocenters. The van der Waals surface area contributed by atoms with Gasteiger partial charge in [-0.2, -0.15) is 0 Å². The summed E-state index contributed by atoms with van der Waals surface area (Å²) in [5.74, 6) is 0.123. The normalized spacial score (nSPS) is 14.3. The fraction of sp³-hybridized carbons (Fsp3) is 0.412. The zero-order valence-corrected chi connectivity index (χ0v) is 26.6. The first-order chi connectivity index (χ1) is 21.3. The number of ether oxygens (including phenoxy) is 2. The second-order valence-electron chi connectivity index (χ2n) is 10.9. The summed E-state index contributed by atoms with van der Waals surface area (Å²) in [5.41, 5.74) is 1.24. The van der Waals surface area contributed by atoms with Gasteiger partial charge in [-0.1, -0.05) is 68.7 Å². The lowest BCUT2D eigenvalue weighted by atomic mass is 9.95. The van der Waals surface area contributed by atoms with E-state index in [0.29, 0.717) is 24.3 Å². The highest BCUT2D eigenvalue weighted by Gasteiger charge is 2.35. The van der Waals surface area contributed by atoms with Gasteiger partial charge >= 0.3 is 0 Å². The molecule has 9 nitrogen and oxygen atoms in total. The minimum absolute atomic E-state index is 0.00470. The number of hydrogen-bond acceptors (Lipinski definition) is 6. The van der Waals surface area contributed by atoms with Crippen molar-refractivity contribution in [1.29, 1.82) is 0 Å². The van der Waals surface area contributed by atoms with Crippen LogP contribution in [0.3, 0.4) is 0 Å². The zero-order valence-electron chi connectivity index (χ0n) is 25.8. The third-order valence-corrected chi connectivity index (χ3v) is 9.88. The van der Waals surface area contributed by atoms with Crippen molar-refractivity contribution < 1.29 is 27.5 Å². The van der Waals surface area contributed by atoms with Crippen LogP contribution in [0, 0.1) is 0 Å². The number of nitrogens with one attached hydrogen (secondary N) is 1. The SMILES string of the molecule is CCC(C(=O)NC1CCCCC1)N(CCc1ccccc1)C(=O)CN(c1ccccc1OC)S(=O)(=O)c1ccc(OC)cc1. The average Bonchev–Trinajstić information content (AvgIpc) is 3.06. The van der Waals surface area contributed by atoms with Gasteiger partial charge in [0.1, 0.15) is 24.1 Å². The van der Waals surface area contributed by atoms with Crippen molar-refractivity contribution in [3.05, 3.63) is 84.4 Å². The van der Waals surface area contributed by atoms with E-state index in [2.05, 4.69) is 5.32 Å². The number of benzene rings is 3. The Bertz CT molecular complexity index is 1470. The molecule has 0 aromatic heterocycles. The molecular weight excluding hydrogens is 578 g/mol. The molecule has 4 rings (SSSR count). The van der Waals surface area contributed by atoms with Crippen LogP contribution in [-0.2, 0) is 26.0 Å². The summed E-state index contributed by atoms with van der Waals surface area (Å²) in [6.07, 6.45) is 6.03. The van der Waals surface area contributed by atoms with Crippen LogP contribution in [0.15, 0.2) is 83.8 Å². The summed E-state index contributed by atoms with van der Waals surface area (Å²) in [5, 5.41) is 3.18. The number of hydrogen-bond donors (Lipinski definition) is 1. The van der Waals surface area contributed by atoms with E-state index in [1.165, 1.54) is 31.3 Å². The second-order valence-corrected chi connectivity index (χ2v) is 12.8. The molecule has 1 fully saturated rings. The Hall–Kier alpha value is -4.05. The van der Waals surface area contributed by atoms with E-state index in [-0.39, 0.29) is 29.1 Å². The summed E-state index contributed by atoms with van der Waals surface area (Å²) in [6.45, 7) is 1.61. The van der Waals surface area contributed by atoms with Crippen LogP contribution < -0.4 is 19.1 Å². The number of nitrogens with zero attached hydrogens (tertiary/aromatic N) is 2. The van der Waals surface area contributed by atoms with Crippen molar-refractivity contribution in [2.45, 2.75) is 68.8 Å². The van der Waals surface area contributed by atoms with Gasteiger partial charge < -0.3 is 19.7 Å². The molecule has 44 heavy (non-hydrogen) atoms. The van der Waals surface area contributed by atoms with Crippen LogP contribution in [0.4, 0.5) is 5.69 Å². The highest BCUT2D eigenvalue weighted by atomic mass is 32.2. The van der Waals surface area contributed by atoms with E-state index in [1.54, 1.807) is 36.4 Å². The minimum atomic E-state index is -4.23. The maximum absolute atomic E-state index is 14.3. The molecule has 0 heterocycles. The largest absolute Gasteiger partial charge is 0.497 e. The summed E-state index contributed by atoms with van der Waals surface area (Å²) in [4.78, 5) is 29.5. The number of sulfonamides is 1. The first kappa shape index (κ1) is 32.9. The monoisotopic (exact) mass is 621 g/mol. The maximum Gasteiger partial charge on any atom is 0.264 e. The summed E-state index contributed by atoms with van der Waals surface area (Å²) < 4.78 is 40.1. The number of anilines is 1. The van der Waals surface area contributed by atoms with E-state index >= 15 is 0 Å². The van der Waals surface area contributed by atoms with E-state index < -0.39 is 28.5 Å². The van der Waals surface area contributed by atoms with Crippen molar-refractivity contribution in [2.24, 2.45) is 0 Å². The molecule has 3 aromatic carbocycles. The third-order valence-electron chi connectivity index (χ3n) is 8.10. The van der Waals surface area contributed by atoms with Gasteiger partial charge in [0.05, 0.1) is 24.8 Å². The minimum Gasteiger partial charge on any atom is -0.497 e. The zero-order chi connectivity index (χ0) is 31.5. The fourth-order valence-electron chi connectivity index (χ4n) is 5.66. The van der Waals surface area contributed by atoms with Crippen LogP contribution in [0.25, 0.3) is 0 Å². The van der Waals surface area contributed by atoms with E-state index in [1.807, 2.05) is 37.3 Å². The van der Waals surface area contributed by atoms with Gasteiger partial charge in [-0.05, 0) is 67.6 Å². The van der Waals surface area contributed by atoms with Gasteiger partial charge in [0.25, 0.3) is 10.0 Å². The molecule has 10 heteroatoms. The van der Waals surface area contributed by atoms with E-state index in [0.717, 1.165) is 42.0 Å². The van der Waals surface area contributed by atoms with Gasteiger partial charge in [-0.15, -0.1) is 0 Å². The number of methoxy groups -OCH3 is 2. The van der Waals surface area contributed by atoms with Crippen molar-refractivity contribution in [3.63, 3.8) is 0 Å². The number of rotatable bonds is 14. The molecule has 1 aliphatic carbocycles. The molecule has 1 N–H and O–H groups in total. The molecule has 0 radical (unpaired) electrons. The van der Waals surface area contributed by atoms with Crippen LogP contribution in [0.1, 0.15) is 51.0 Å². The quantitative estimate of drug-likeness (QED) is 0.265. The number of para-hydroxylation sites is 2. The molecule has 0 aliphatic heterocycles. The van der Waals surface area contributed by atoms with E-state index in [4.69, 9.17) is 9.47 Å². The highest BCUT2D eigenvalue weighted by Crippen LogP contribution is 2.33. The molecular formula is C34H43N3O6S. The van der Waals surface area contributed by atoms with Gasteiger partial charge in [0, 0.05) is 12.6 Å². The molecule has 1 saturated carbocycles. The predicted octanol–water partition coefficient (Wildman–Crippen LogP) is 5.20. The Morgan fingerprint density at radius 3 is 2.18 bits per heavy atom. The van der Waals surface area contributed by atoms with Crippen LogP contribution >= 0.6 is 0 Å². The first-order valence-corrected chi connectivity index (χ1v) is 16.7. The van der Waals surface area contributed by atoms with Crippen molar-refractivity contribution in [3.8, 4) is 11.5 Å². The fourth-order valence-corrected chi connectivity index (χ4v) is 7.09. The Labute approximate surface area is 261 Å². The Kier molecular flexibility index (Phi) is 11.7. The molecule has 0 saturated heterocycles. The molecule has 236 valence electrons. The summed E-state index contributed by atoms with van der Waals surface area (Å²) in [7, 11) is -1.28. The van der Waals surface area contributed by atoms with Crippen LogP contribution in [0.5, 0.6) is 11.5 Å². The Morgan fingerprint density at radius 1 is 0.886 bits per heavy atom. The lowest BCUT2D eigenvalue weighted by Crippen LogP contribution is -2.54. The molecule has 3 aromatic rings. The summed E-state index contributed by atoms with van der Waals surface area (Å²) in [6, 6.07) is 21.7. The number of carbonyl (C=O) groups is 2. The Balaban J connectivity index is 1.69. The highest BCUT2D eigenvalue weighted by molar-refractivity contribution is 7.92. The lowest BCUT2D eigenvalue weighted by molar-refractivity contribution is -0.140. The Morgan fingerprint density at radius 2 is 1.55 bits per heavy atom. The van der Waals surface area contributed by atoms with Crippen molar-refractivity contribution in [2.75, 3.05) is 31.6 Å². The van der Waals surface area contributed by atoms with Gasteiger partial charge in [0.2, 0.25) is 11.8 Å². The van der Waals surface area contributed by atoms with Crippen molar-refractivity contribution >= 4 is 27.5 Å². The van der Waals surface area contributed by atoms with Gasteiger partial charge in [-0.25, -0.2) is 8.42 Å². The van der Waals surface area contributed by atoms with Gasteiger partial charge in [-0.3, -0.25) is 13.9 Å². The number of amides is 2. The topological polar surface area (TPSA) is 105 Å². The molecule has 0 bridgehead atoms. The molecule has 0 spiro atoms.